The van der Waals surface area contributed by atoms with Gasteiger partial charge >= 0.3 is 5.69 Å². The van der Waals surface area contributed by atoms with Gasteiger partial charge in [-0.15, -0.1) is 0 Å². The van der Waals surface area contributed by atoms with E-state index in [9.17, 15) is 14.4 Å². The number of amides is 1. The lowest BCUT2D eigenvalue weighted by atomic mass is 10.2. The number of nitrogens with one attached hydrogen (secondary N) is 1. The Morgan fingerprint density at radius 3 is 2.44 bits per heavy atom. The average Bonchev–Trinajstić information content (AvgIpc) is 3.50. The van der Waals surface area contributed by atoms with E-state index in [1.54, 1.807) is 31.2 Å². The van der Waals surface area contributed by atoms with Crippen molar-refractivity contribution in [3.63, 3.8) is 0 Å². The summed E-state index contributed by atoms with van der Waals surface area (Å²) in [5.74, 6) is -0.199. The third-order valence-electron chi connectivity index (χ3n) is 4.95. The van der Waals surface area contributed by atoms with Crippen LogP contribution in [0.3, 0.4) is 0 Å². The molecule has 4 rings (SSSR count). The highest BCUT2D eigenvalue weighted by Gasteiger charge is 2.28. The maximum atomic E-state index is 13.2. The fraction of sp³-hybridized carbons (Fsp3) is 0.286. The van der Waals surface area contributed by atoms with Gasteiger partial charge in [0.15, 0.2) is 0 Å². The Morgan fingerprint density at radius 2 is 1.74 bits per heavy atom. The summed E-state index contributed by atoms with van der Waals surface area (Å²) < 4.78 is 2.63. The first kappa shape index (κ1) is 17.3. The number of fused-ring (bicyclic) bond motifs is 1. The largest absolute Gasteiger partial charge is 0.352 e. The Balaban J connectivity index is 1.87. The van der Waals surface area contributed by atoms with Gasteiger partial charge in [-0.25, -0.2) is 4.79 Å². The molecule has 138 valence electrons. The van der Waals surface area contributed by atoms with E-state index >= 15 is 0 Å². The highest BCUT2D eigenvalue weighted by atomic mass is 16.2. The van der Waals surface area contributed by atoms with Crippen LogP contribution in [0.5, 0.6) is 0 Å². The Bertz CT molecular complexity index is 1110. The van der Waals surface area contributed by atoms with Gasteiger partial charge in [-0.3, -0.25) is 18.7 Å². The van der Waals surface area contributed by atoms with Crippen LogP contribution in [0, 0.1) is 0 Å². The van der Waals surface area contributed by atoms with Gasteiger partial charge in [0, 0.05) is 6.04 Å². The quantitative estimate of drug-likeness (QED) is 0.754. The minimum atomic E-state index is -0.703. The monoisotopic (exact) mass is 363 g/mol. The van der Waals surface area contributed by atoms with E-state index in [0.29, 0.717) is 10.9 Å². The molecular weight excluding hydrogens is 342 g/mol. The van der Waals surface area contributed by atoms with Crippen LogP contribution in [-0.2, 0) is 11.3 Å². The number of carbonyl (C=O) groups excluding carboxylic acids is 1. The van der Waals surface area contributed by atoms with Crippen molar-refractivity contribution < 1.29 is 4.79 Å². The van der Waals surface area contributed by atoms with Crippen LogP contribution in [0.4, 0.5) is 0 Å². The van der Waals surface area contributed by atoms with E-state index < -0.39 is 11.7 Å². The molecule has 6 heteroatoms. The second-order valence-electron chi connectivity index (χ2n) is 7.01. The molecule has 0 saturated heterocycles. The van der Waals surface area contributed by atoms with Gasteiger partial charge in [-0.1, -0.05) is 42.5 Å². The minimum Gasteiger partial charge on any atom is -0.352 e. The lowest BCUT2D eigenvalue weighted by molar-refractivity contribution is -0.124. The lowest BCUT2D eigenvalue weighted by Crippen LogP contribution is -2.44. The van der Waals surface area contributed by atoms with E-state index in [1.165, 1.54) is 9.13 Å². The summed E-state index contributed by atoms with van der Waals surface area (Å²) in [7, 11) is 0. The summed E-state index contributed by atoms with van der Waals surface area (Å²) >= 11 is 0. The van der Waals surface area contributed by atoms with Crippen molar-refractivity contribution in [1.29, 1.82) is 0 Å². The molecule has 1 aliphatic rings. The molecule has 1 heterocycles. The van der Waals surface area contributed by atoms with Crippen molar-refractivity contribution in [1.82, 2.24) is 14.5 Å². The molecule has 2 aromatic carbocycles. The second-order valence-corrected chi connectivity index (χ2v) is 7.01. The first-order chi connectivity index (χ1) is 13.1. The summed E-state index contributed by atoms with van der Waals surface area (Å²) in [6.45, 7) is 1.86. The topological polar surface area (TPSA) is 73.1 Å². The van der Waals surface area contributed by atoms with Gasteiger partial charge in [-0.05, 0) is 37.5 Å². The molecule has 1 aromatic heterocycles. The molecule has 1 atom stereocenters. The number of nitrogens with zero attached hydrogens (tertiary/aromatic N) is 2. The molecule has 0 spiro atoms. The van der Waals surface area contributed by atoms with E-state index in [0.717, 1.165) is 18.4 Å². The molecule has 1 amide bonds. The van der Waals surface area contributed by atoms with Crippen LogP contribution in [-0.4, -0.2) is 21.1 Å². The molecule has 1 N–H and O–H groups in total. The Kier molecular flexibility index (Phi) is 4.39. The number of para-hydroxylation sites is 1. The first-order valence-electron chi connectivity index (χ1n) is 9.14. The predicted molar refractivity (Wildman–Crippen MR) is 104 cm³/mol. The maximum Gasteiger partial charge on any atom is 0.332 e. The van der Waals surface area contributed by atoms with Crippen molar-refractivity contribution in [3.8, 4) is 0 Å². The van der Waals surface area contributed by atoms with Crippen molar-refractivity contribution in [2.45, 2.75) is 38.4 Å². The number of rotatable bonds is 5. The van der Waals surface area contributed by atoms with Crippen LogP contribution in [0.2, 0.25) is 0 Å². The van der Waals surface area contributed by atoms with Gasteiger partial charge in [0.05, 0.1) is 17.4 Å². The van der Waals surface area contributed by atoms with E-state index in [2.05, 4.69) is 5.32 Å². The highest BCUT2D eigenvalue weighted by Crippen LogP contribution is 2.20. The number of aromatic nitrogens is 2. The Morgan fingerprint density at radius 1 is 1.07 bits per heavy atom. The average molecular weight is 363 g/mol. The van der Waals surface area contributed by atoms with Gasteiger partial charge in [0.25, 0.3) is 5.56 Å². The zero-order chi connectivity index (χ0) is 19.0. The third kappa shape index (κ3) is 3.30. The number of hydrogen-bond donors (Lipinski definition) is 1. The van der Waals surface area contributed by atoms with E-state index in [-0.39, 0.29) is 24.1 Å². The number of carbonyl (C=O) groups is 1. The van der Waals surface area contributed by atoms with E-state index in [1.807, 2.05) is 30.3 Å². The van der Waals surface area contributed by atoms with Crippen molar-refractivity contribution in [2.75, 3.05) is 0 Å². The lowest BCUT2D eigenvalue weighted by Gasteiger charge is -2.19. The van der Waals surface area contributed by atoms with Crippen molar-refractivity contribution >= 4 is 16.8 Å². The summed E-state index contributed by atoms with van der Waals surface area (Å²) in [5, 5.41) is 3.37. The zero-order valence-electron chi connectivity index (χ0n) is 15.1. The zero-order valence-corrected chi connectivity index (χ0v) is 15.1. The van der Waals surface area contributed by atoms with E-state index in [4.69, 9.17) is 0 Å². The molecule has 0 aliphatic heterocycles. The van der Waals surface area contributed by atoms with Gasteiger partial charge in [-0.2, -0.15) is 0 Å². The highest BCUT2D eigenvalue weighted by molar-refractivity contribution is 5.84. The van der Waals surface area contributed by atoms with Crippen LogP contribution in [0.1, 0.15) is 31.4 Å². The Labute approximate surface area is 156 Å². The molecule has 3 aromatic rings. The molecule has 27 heavy (non-hydrogen) atoms. The minimum absolute atomic E-state index is 0.167. The summed E-state index contributed by atoms with van der Waals surface area (Å²) in [5.41, 5.74) is 0.523. The molecule has 1 aliphatic carbocycles. The third-order valence-corrected chi connectivity index (χ3v) is 4.95. The van der Waals surface area contributed by atoms with Crippen LogP contribution >= 0.6 is 0 Å². The smallest absolute Gasteiger partial charge is 0.332 e. The number of hydrogen-bond acceptors (Lipinski definition) is 3. The second kappa shape index (κ2) is 6.87. The van der Waals surface area contributed by atoms with Gasteiger partial charge < -0.3 is 5.32 Å². The normalized spacial score (nSPS) is 14.9. The molecule has 1 saturated carbocycles. The fourth-order valence-electron chi connectivity index (χ4n) is 3.28. The summed E-state index contributed by atoms with van der Waals surface area (Å²) in [4.78, 5) is 38.7. The molecular formula is C21H21N3O3. The van der Waals surface area contributed by atoms with Crippen LogP contribution in [0.15, 0.2) is 64.2 Å². The summed E-state index contributed by atoms with van der Waals surface area (Å²) in [6, 6.07) is 15.8. The SMILES string of the molecule is C[C@H](C(=O)NC1CC1)n1c(=O)n(Cc2ccccc2)c(=O)c2ccccc21. The standard InChI is InChI=1S/C21H21N3O3/c1-14(19(25)22-16-11-12-16)24-18-10-6-5-9-17(18)20(26)23(21(24)27)13-15-7-3-2-4-8-15/h2-10,14,16H,11-13H2,1H3,(H,22,25)/t14-/m1/s1. The van der Waals surface area contributed by atoms with Gasteiger partial charge in [0.1, 0.15) is 6.04 Å². The van der Waals surface area contributed by atoms with Crippen LogP contribution in [0.25, 0.3) is 10.9 Å². The summed E-state index contributed by atoms with van der Waals surface area (Å²) in [6.07, 6.45) is 1.95. The van der Waals surface area contributed by atoms with Crippen LogP contribution < -0.4 is 16.6 Å². The molecule has 6 nitrogen and oxygen atoms in total. The van der Waals surface area contributed by atoms with Crippen molar-refractivity contribution in [2.24, 2.45) is 0 Å². The van der Waals surface area contributed by atoms with Gasteiger partial charge in [0.2, 0.25) is 5.91 Å². The molecule has 1 fully saturated rings. The Hall–Kier alpha value is -3.15. The predicted octanol–water partition coefficient (Wildman–Crippen LogP) is 2.05. The molecule has 0 unspecified atom stereocenters. The fourth-order valence-corrected chi connectivity index (χ4v) is 3.28. The van der Waals surface area contributed by atoms with Crippen molar-refractivity contribution in [3.05, 3.63) is 81.0 Å². The molecule has 0 bridgehead atoms. The molecule has 0 radical (unpaired) electrons. The first-order valence-corrected chi connectivity index (χ1v) is 9.14. The maximum absolute atomic E-state index is 13.2. The number of benzene rings is 2.